The molecular formula is C10H16N6O3. The minimum Gasteiger partial charge on any atom is -0.480 e. The summed E-state index contributed by atoms with van der Waals surface area (Å²) >= 11 is 0. The molecule has 19 heavy (non-hydrogen) atoms. The van der Waals surface area contributed by atoms with Crippen LogP contribution >= 0.6 is 0 Å². The summed E-state index contributed by atoms with van der Waals surface area (Å²) in [4.78, 5) is 23.1. The van der Waals surface area contributed by atoms with Crippen LogP contribution in [0.5, 0.6) is 0 Å². The summed E-state index contributed by atoms with van der Waals surface area (Å²) in [5.41, 5.74) is -1.15. The number of H-pyrrole nitrogens is 1. The third kappa shape index (κ3) is 2.80. The highest BCUT2D eigenvalue weighted by atomic mass is 16.4. The molecule has 1 aliphatic carbocycles. The Hall–Kier alpha value is -2.19. The molecule has 2 rings (SSSR count). The van der Waals surface area contributed by atoms with E-state index in [0.717, 1.165) is 12.8 Å². The van der Waals surface area contributed by atoms with Crippen molar-refractivity contribution in [3.05, 3.63) is 5.82 Å². The Kier molecular flexibility index (Phi) is 3.63. The molecule has 0 aliphatic heterocycles. The van der Waals surface area contributed by atoms with Crippen molar-refractivity contribution < 1.29 is 14.7 Å². The van der Waals surface area contributed by atoms with Gasteiger partial charge < -0.3 is 15.7 Å². The Balaban J connectivity index is 1.95. The number of carbonyl (C=O) groups excluding carboxylic acids is 1. The van der Waals surface area contributed by atoms with Crippen LogP contribution in [0.15, 0.2) is 0 Å². The van der Waals surface area contributed by atoms with Crippen molar-refractivity contribution in [2.75, 3.05) is 0 Å². The van der Waals surface area contributed by atoms with Gasteiger partial charge in [-0.2, -0.15) is 5.21 Å². The van der Waals surface area contributed by atoms with Gasteiger partial charge in [0, 0.05) is 0 Å². The molecule has 1 heterocycles. The molecule has 1 fully saturated rings. The summed E-state index contributed by atoms with van der Waals surface area (Å²) < 4.78 is 0. The molecule has 104 valence electrons. The van der Waals surface area contributed by atoms with Gasteiger partial charge in [0.15, 0.2) is 5.82 Å². The maximum atomic E-state index is 11.8. The predicted octanol–water partition coefficient (Wildman–Crippen LogP) is -0.0427. The lowest BCUT2D eigenvalue weighted by Gasteiger charge is -2.26. The summed E-state index contributed by atoms with van der Waals surface area (Å²) in [6.07, 6.45) is 2.50. The molecule has 0 saturated heterocycles. The molecule has 0 bridgehead atoms. The van der Waals surface area contributed by atoms with Crippen molar-refractivity contribution in [3.63, 3.8) is 0 Å². The normalized spacial score (nSPS) is 18.8. The first kappa shape index (κ1) is 13.2. The van der Waals surface area contributed by atoms with E-state index >= 15 is 0 Å². The molecule has 1 aromatic rings. The van der Waals surface area contributed by atoms with Crippen LogP contribution in [0.4, 0.5) is 4.79 Å². The third-order valence-electron chi connectivity index (χ3n) is 3.32. The first-order chi connectivity index (χ1) is 9.03. The van der Waals surface area contributed by atoms with Crippen LogP contribution in [-0.2, 0) is 4.79 Å². The van der Waals surface area contributed by atoms with Gasteiger partial charge in [-0.25, -0.2) is 9.59 Å². The van der Waals surface area contributed by atoms with Crippen LogP contribution in [0.3, 0.4) is 0 Å². The topological polar surface area (TPSA) is 133 Å². The number of hydrogen-bond donors (Lipinski definition) is 4. The molecule has 0 radical (unpaired) electrons. The number of urea groups is 1. The van der Waals surface area contributed by atoms with Gasteiger partial charge in [-0.05, 0) is 19.8 Å². The number of rotatable bonds is 4. The maximum absolute atomic E-state index is 11.8. The highest BCUT2D eigenvalue weighted by Gasteiger charge is 2.42. The van der Waals surface area contributed by atoms with Crippen molar-refractivity contribution in [2.24, 2.45) is 0 Å². The number of carboxylic acid groups (broad SMARTS) is 1. The van der Waals surface area contributed by atoms with Gasteiger partial charge in [-0.3, -0.25) is 0 Å². The van der Waals surface area contributed by atoms with Crippen LogP contribution in [0.2, 0.25) is 0 Å². The zero-order valence-corrected chi connectivity index (χ0v) is 10.5. The van der Waals surface area contributed by atoms with Crippen LogP contribution < -0.4 is 10.6 Å². The number of aromatic amines is 1. The summed E-state index contributed by atoms with van der Waals surface area (Å²) in [7, 11) is 0. The Labute approximate surface area is 109 Å². The quantitative estimate of drug-likeness (QED) is 0.605. The highest BCUT2D eigenvalue weighted by molar-refractivity contribution is 5.86. The monoisotopic (exact) mass is 268 g/mol. The third-order valence-corrected chi connectivity index (χ3v) is 3.32. The fourth-order valence-corrected chi connectivity index (χ4v) is 2.24. The van der Waals surface area contributed by atoms with Gasteiger partial charge in [-0.1, -0.05) is 18.1 Å². The zero-order valence-electron chi connectivity index (χ0n) is 10.5. The summed E-state index contributed by atoms with van der Waals surface area (Å²) in [6, 6.07) is -0.993. The van der Waals surface area contributed by atoms with Crippen LogP contribution in [0.1, 0.15) is 44.5 Å². The SMILES string of the molecule is CC(NC(=O)NC1(C(=O)O)CCCC1)c1nn[nH]n1. The van der Waals surface area contributed by atoms with Gasteiger partial charge in [0.25, 0.3) is 0 Å². The van der Waals surface area contributed by atoms with Crippen molar-refractivity contribution in [3.8, 4) is 0 Å². The van der Waals surface area contributed by atoms with E-state index in [1.165, 1.54) is 0 Å². The van der Waals surface area contributed by atoms with E-state index in [0.29, 0.717) is 18.7 Å². The lowest BCUT2D eigenvalue weighted by molar-refractivity contribution is -0.144. The van der Waals surface area contributed by atoms with Gasteiger partial charge >= 0.3 is 12.0 Å². The standard InChI is InChI=1S/C10H16N6O3/c1-6(7-13-15-16-14-7)11-9(19)12-10(8(17)18)4-2-3-5-10/h6H,2-5H2,1H3,(H,17,18)(H2,11,12,19)(H,13,14,15,16). The molecule has 1 saturated carbocycles. The number of aliphatic carboxylic acids is 1. The molecule has 9 heteroatoms. The number of hydrogen-bond acceptors (Lipinski definition) is 5. The van der Waals surface area contributed by atoms with E-state index in [4.69, 9.17) is 0 Å². The summed E-state index contributed by atoms with van der Waals surface area (Å²) in [5, 5.41) is 27.6. The molecule has 1 aromatic heterocycles. The van der Waals surface area contributed by atoms with E-state index in [1.807, 2.05) is 0 Å². The van der Waals surface area contributed by atoms with E-state index in [9.17, 15) is 14.7 Å². The average molecular weight is 268 g/mol. The van der Waals surface area contributed by atoms with Gasteiger partial charge in [0.05, 0.1) is 6.04 Å². The lowest BCUT2D eigenvalue weighted by Crippen LogP contribution is -2.55. The highest BCUT2D eigenvalue weighted by Crippen LogP contribution is 2.29. The first-order valence-corrected chi connectivity index (χ1v) is 6.09. The van der Waals surface area contributed by atoms with E-state index < -0.39 is 23.6 Å². The molecule has 0 spiro atoms. The molecule has 1 aliphatic rings. The molecular weight excluding hydrogens is 252 g/mol. The number of carbonyl (C=O) groups is 2. The predicted molar refractivity (Wildman–Crippen MR) is 63.1 cm³/mol. The number of tetrazole rings is 1. The number of nitrogens with zero attached hydrogens (tertiary/aromatic N) is 3. The largest absolute Gasteiger partial charge is 0.480 e. The van der Waals surface area contributed by atoms with Crippen LogP contribution in [0, 0.1) is 0 Å². The zero-order chi connectivity index (χ0) is 13.9. The minimum atomic E-state index is -1.15. The number of aromatic nitrogens is 4. The van der Waals surface area contributed by atoms with Crippen molar-refractivity contribution >= 4 is 12.0 Å². The first-order valence-electron chi connectivity index (χ1n) is 6.09. The lowest BCUT2D eigenvalue weighted by atomic mass is 9.98. The second-order valence-corrected chi connectivity index (χ2v) is 4.68. The smallest absolute Gasteiger partial charge is 0.329 e. The maximum Gasteiger partial charge on any atom is 0.329 e. The van der Waals surface area contributed by atoms with E-state index in [-0.39, 0.29) is 0 Å². The molecule has 1 atom stereocenters. The second-order valence-electron chi connectivity index (χ2n) is 4.68. The second kappa shape index (κ2) is 5.21. The molecule has 9 nitrogen and oxygen atoms in total. The van der Waals surface area contributed by atoms with E-state index in [1.54, 1.807) is 6.92 Å². The Morgan fingerprint density at radius 2 is 2.11 bits per heavy atom. The Morgan fingerprint density at radius 1 is 1.42 bits per heavy atom. The fourth-order valence-electron chi connectivity index (χ4n) is 2.24. The van der Waals surface area contributed by atoms with Crippen molar-refractivity contribution in [1.29, 1.82) is 0 Å². The molecule has 2 amide bonds. The van der Waals surface area contributed by atoms with E-state index in [2.05, 4.69) is 31.3 Å². The van der Waals surface area contributed by atoms with Gasteiger partial charge in [0.2, 0.25) is 0 Å². The van der Waals surface area contributed by atoms with Crippen LogP contribution in [-0.4, -0.2) is 43.3 Å². The van der Waals surface area contributed by atoms with Crippen molar-refractivity contribution in [1.82, 2.24) is 31.3 Å². The van der Waals surface area contributed by atoms with Crippen molar-refractivity contribution in [2.45, 2.75) is 44.2 Å². The Bertz CT molecular complexity index is 454. The van der Waals surface area contributed by atoms with Crippen LogP contribution in [0.25, 0.3) is 0 Å². The molecule has 0 aromatic carbocycles. The Morgan fingerprint density at radius 3 is 2.63 bits per heavy atom. The average Bonchev–Trinajstić information content (AvgIpc) is 2.99. The summed E-state index contributed by atoms with van der Waals surface area (Å²) in [6.45, 7) is 1.69. The van der Waals surface area contributed by atoms with Gasteiger partial charge in [0.1, 0.15) is 5.54 Å². The number of amides is 2. The number of nitrogens with one attached hydrogen (secondary N) is 3. The number of carboxylic acids is 1. The minimum absolute atomic E-state index is 0.339. The molecule has 4 N–H and O–H groups in total. The molecule has 1 unspecified atom stereocenters. The summed E-state index contributed by atoms with van der Waals surface area (Å²) in [5.74, 6) is -0.654. The fraction of sp³-hybridized carbons (Fsp3) is 0.700. The van der Waals surface area contributed by atoms with Gasteiger partial charge in [-0.15, -0.1) is 10.2 Å².